The molecule has 0 heterocycles. The molecule has 138 valence electrons. The second-order valence-corrected chi connectivity index (χ2v) is 7.24. The lowest BCUT2D eigenvalue weighted by atomic mass is 10.0. The van der Waals surface area contributed by atoms with Crippen molar-refractivity contribution in [2.75, 3.05) is 5.32 Å². The van der Waals surface area contributed by atoms with Gasteiger partial charge in [0.05, 0.1) is 10.6 Å². The number of aliphatic carboxylic acids is 1. The molecular weight excluding hydrogens is 344 g/mol. The Morgan fingerprint density at radius 1 is 1.12 bits per heavy atom. The van der Waals surface area contributed by atoms with E-state index < -0.39 is 17.9 Å². The summed E-state index contributed by atoms with van der Waals surface area (Å²) in [6.07, 6.45) is 0.670. The highest BCUT2D eigenvalue weighted by Crippen LogP contribution is 2.21. The van der Waals surface area contributed by atoms with Crippen LogP contribution in [0.15, 0.2) is 18.2 Å². The van der Waals surface area contributed by atoms with Crippen LogP contribution in [0, 0.1) is 11.8 Å². The maximum atomic E-state index is 12.4. The van der Waals surface area contributed by atoms with Gasteiger partial charge in [-0.1, -0.05) is 39.3 Å². The number of hydrogen-bond acceptors (Lipinski definition) is 3. The lowest BCUT2D eigenvalue weighted by Crippen LogP contribution is -2.41. The van der Waals surface area contributed by atoms with Gasteiger partial charge in [-0.3, -0.25) is 9.59 Å². The Morgan fingerprint density at radius 2 is 1.76 bits per heavy atom. The highest BCUT2D eigenvalue weighted by Gasteiger charge is 2.23. The van der Waals surface area contributed by atoms with Crippen LogP contribution in [0.5, 0.6) is 0 Å². The average Bonchev–Trinajstić information content (AvgIpc) is 2.46. The molecule has 0 fully saturated rings. The molecule has 0 aliphatic carbocycles. The van der Waals surface area contributed by atoms with E-state index in [0.717, 1.165) is 0 Å². The third-order valence-corrected chi connectivity index (χ3v) is 3.73. The first-order valence-electron chi connectivity index (χ1n) is 8.23. The zero-order valence-corrected chi connectivity index (χ0v) is 15.7. The first kappa shape index (κ1) is 21.0. The molecule has 25 heavy (non-hydrogen) atoms. The minimum absolute atomic E-state index is 0.110. The molecule has 0 radical (unpaired) electrons. The molecule has 2 amide bonds. The fourth-order valence-electron chi connectivity index (χ4n) is 2.29. The normalized spacial score (nSPS) is 12.1. The quantitative estimate of drug-likeness (QED) is 0.653. The van der Waals surface area contributed by atoms with Crippen LogP contribution in [0.25, 0.3) is 0 Å². The summed E-state index contributed by atoms with van der Waals surface area (Å²) in [5, 5.41) is 14.6. The van der Waals surface area contributed by atoms with E-state index in [1.54, 1.807) is 6.07 Å². The Morgan fingerprint density at radius 3 is 2.28 bits per heavy atom. The fraction of sp³-hybridized carbons (Fsp3) is 0.500. The number of carbonyl (C=O) groups is 3. The molecule has 3 N–H and O–H groups in total. The molecule has 0 spiro atoms. The summed E-state index contributed by atoms with van der Waals surface area (Å²) in [7, 11) is 0. The minimum Gasteiger partial charge on any atom is -0.480 e. The number of carbonyl (C=O) groups excluding carboxylic acids is 2. The van der Waals surface area contributed by atoms with Crippen molar-refractivity contribution in [3.8, 4) is 0 Å². The summed E-state index contributed by atoms with van der Waals surface area (Å²) in [5.41, 5.74) is 0.565. The van der Waals surface area contributed by atoms with Gasteiger partial charge in [-0.15, -0.1) is 0 Å². The molecule has 1 atom stereocenters. The van der Waals surface area contributed by atoms with E-state index in [1.165, 1.54) is 12.1 Å². The molecule has 0 aliphatic rings. The number of amides is 2. The van der Waals surface area contributed by atoms with Gasteiger partial charge in [0.15, 0.2) is 0 Å². The van der Waals surface area contributed by atoms with Crippen LogP contribution < -0.4 is 10.6 Å². The predicted molar refractivity (Wildman–Crippen MR) is 97.9 cm³/mol. The largest absolute Gasteiger partial charge is 0.480 e. The lowest BCUT2D eigenvalue weighted by Gasteiger charge is -2.17. The molecule has 0 aromatic heterocycles. The third-order valence-electron chi connectivity index (χ3n) is 3.40. The van der Waals surface area contributed by atoms with Crippen molar-refractivity contribution in [2.45, 2.75) is 46.6 Å². The van der Waals surface area contributed by atoms with E-state index in [2.05, 4.69) is 10.6 Å². The van der Waals surface area contributed by atoms with Crippen LogP contribution in [-0.4, -0.2) is 28.9 Å². The summed E-state index contributed by atoms with van der Waals surface area (Å²) < 4.78 is 0. The molecule has 0 bridgehead atoms. The second-order valence-electron chi connectivity index (χ2n) is 6.83. The average molecular weight is 369 g/mol. The van der Waals surface area contributed by atoms with Crippen LogP contribution in [0.3, 0.4) is 0 Å². The van der Waals surface area contributed by atoms with E-state index in [4.69, 9.17) is 11.6 Å². The van der Waals surface area contributed by atoms with Crippen LogP contribution in [-0.2, 0) is 9.59 Å². The van der Waals surface area contributed by atoms with Gasteiger partial charge in [-0.05, 0) is 36.5 Å². The van der Waals surface area contributed by atoms with E-state index in [1.807, 2.05) is 27.7 Å². The number of benzene rings is 1. The molecule has 1 unspecified atom stereocenters. The Labute approximate surface area is 152 Å². The third kappa shape index (κ3) is 7.13. The van der Waals surface area contributed by atoms with Crippen LogP contribution >= 0.6 is 11.6 Å². The highest BCUT2D eigenvalue weighted by molar-refractivity contribution is 6.34. The summed E-state index contributed by atoms with van der Waals surface area (Å²) in [6, 6.07) is 3.55. The maximum Gasteiger partial charge on any atom is 0.326 e. The van der Waals surface area contributed by atoms with Crippen molar-refractivity contribution in [2.24, 2.45) is 11.8 Å². The molecule has 1 aromatic rings. The van der Waals surface area contributed by atoms with Crippen LogP contribution in [0.2, 0.25) is 5.02 Å². The molecule has 7 heteroatoms. The molecule has 1 rings (SSSR count). The van der Waals surface area contributed by atoms with Gasteiger partial charge in [0.1, 0.15) is 6.04 Å². The smallest absolute Gasteiger partial charge is 0.326 e. The highest BCUT2D eigenvalue weighted by atomic mass is 35.5. The maximum absolute atomic E-state index is 12.4. The molecule has 0 saturated heterocycles. The second kappa shape index (κ2) is 9.42. The van der Waals surface area contributed by atoms with Gasteiger partial charge in [0.2, 0.25) is 5.91 Å². The Balaban J connectivity index is 2.92. The van der Waals surface area contributed by atoms with Crippen molar-refractivity contribution in [3.05, 3.63) is 28.8 Å². The van der Waals surface area contributed by atoms with Crippen molar-refractivity contribution in [1.82, 2.24) is 5.32 Å². The van der Waals surface area contributed by atoms with Gasteiger partial charge in [-0.25, -0.2) is 4.79 Å². The van der Waals surface area contributed by atoms with Crippen LogP contribution in [0.1, 0.15) is 50.9 Å². The number of hydrogen-bond donors (Lipinski definition) is 3. The van der Waals surface area contributed by atoms with Crippen LogP contribution in [0.4, 0.5) is 5.69 Å². The van der Waals surface area contributed by atoms with E-state index in [9.17, 15) is 19.5 Å². The van der Waals surface area contributed by atoms with E-state index >= 15 is 0 Å². The summed E-state index contributed by atoms with van der Waals surface area (Å²) in [6.45, 7) is 7.61. The number of anilines is 1. The molecule has 1 aromatic carbocycles. The zero-order valence-electron chi connectivity index (χ0n) is 14.9. The van der Waals surface area contributed by atoms with Gasteiger partial charge < -0.3 is 15.7 Å². The molecule has 6 nitrogen and oxygen atoms in total. The zero-order chi connectivity index (χ0) is 19.1. The first-order chi connectivity index (χ1) is 11.6. The van der Waals surface area contributed by atoms with E-state index in [0.29, 0.717) is 18.5 Å². The first-order valence-corrected chi connectivity index (χ1v) is 8.61. The molecule has 0 aliphatic heterocycles. The van der Waals surface area contributed by atoms with Gasteiger partial charge >= 0.3 is 5.97 Å². The number of carboxylic acid groups (broad SMARTS) is 1. The summed E-state index contributed by atoms with van der Waals surface area (Å²) in [4.78, 5) is 35.6. The predicted octanol–water partition coefficient (Wildman–Crippen LogP) is 3.55. The van der Waals surface area contributed by atoms with Gasteiger partial charge in [0, 0.05) is 12.1 Å². The Hall–Kier alpha value is -2.08. The Kier molecular flexibility index (Phi) is 7.90. The van der Waals surface area contributed by atoms with Gasteiger partial charge in [-0.2, -0.15) is 0 Å². The number of rotatable bonds is 8. The fourth-order valence-corrected chi connectivity index (χ4v) is 2.49. The number of halogens is 1. The molecular formula is C18H25ClN2O4. The van der Waals surface area contributed by atoms with Crippen molar-refractivity contribution in [3.63, 3.8) is 0 Å². The van der Waals surface area contributed by atoms with E-state index in [-0.39, 0.29) is 28.3 Å². The van der Waals surface area contributed by atoms with Crippen molar-refractivity contribution < 1.29 is 19.5 Å². The Bertz CT molecular complexity index is 644. The topological polar surface area (TPSA) is 95.5 Å². The monoisotopic (exact) mass is 368 g/mol. The van der Waals surface area contributed by atoms with Gasteiger partial charge in [0.25, 0.3) is 5.91 Å². The lowest BCUT2D eigenvalue weighted by molar-refractivity contribution is -0.139. The number of carboxylic acids is 1. The summed E-state index contributed by atoms with van der Waals surface area (Å²) >= 11 is 6.06. The standard InChI is InChI=1S/C18H25ClN2O4/c1-10(2)7-15(18(24)25)21-17(23)13-9-12(5-6-14(13)19)20-16(22)8-11(3)4/h5-6,9-11,15H,7-8H2,1-4H3,(H,20,22)(H,21,23)(H,24,25). The number of nitrogens with one attached hydrogen (secondary N) is 2. The van der Waals surface area contributed by atoms with Crippen molar-refractivity contribution >= 4 is 35.1 Å². The SMILES string of the molecule is CC(C)CC(=O)Nc1ccc(Cl)c(C(=O)NC(CC(C)C)C(=O)O)c1. The minimum atomic E-state index is -1.10. The summed E-state index contributed by atoms with van der Waals surface area (Å²) in [5.74, 6) is -1.52. The van der Waals surface area contributed by atoms with Crippen molar-refractivity contribution in [1.29, 1.82) is 0 Å². The molecule has 0 saturated carbocycles.